The number of aromatic nitrogens is 1. The first kappa shape index (κ1) is 12.9. The monoisotopic (exact) mass is 258 g/mol. The van der Waals surface area contributed by atoms with Gasteiger partial charge < -0.3 is 14.7 Å². The number of benzene rings is 1. The summed E-state index contributed by atoms with van der Waals surface area (Å²) in [6.07, 6.45) is 1.56. The molecule has 19 heavy (non-hydrogen) atoms. The molecule has 1 aromatic heterocycles. The summed E-state index contributed by atoms with van der Waals surface area (Å²) >= 11 is 0. The molecule has 1 heterocycles. The molecular weight excluding hydrogens is 244 g/mol. The van der Waals surface area contributed by atoms with E-state index in [1.807, 2.05) is 24.3 Å². The number of rotatable bonds is 4. The third-order valence-electron chi connectivity index (χ3n) is 2.78. The van der Waals surface area contributed by atoms with Gasteiger partial charge in [-0.25, -0.2) is 9.78 Å². The molecular formula is C14H14N2O3. The van der Waals surface area contributed by atoms with Crippen molar-refractivity contribution in [2.75, 3.05) is 19.1 Å². The van der Waals surface area contributed by atoms with E-state index in [4.69, 9.17) is 4.74 Å². The van der Waals surface area contributed by atoms with Gasteiger partial charge in [0.05, 0.1) is 12.8 Å². The number of pyridine rings is 1. The number of carbonyl (C=O) groups is 1. The van der Waals surface area contributed by atoms with Crippen LogP contribution in [0.15, 0.2) is 42.6 Å². The number of aromatic carboxylic acids is 1. The topological polar surface area (TPSA) is 62.7 Å². The number of hydrogen-bond donors (Lipinski definition) is 1. The predicted molar refractivity (Wildman–Crippen MR) is 72.3 cm³/mol. The van der Waals surface area contributed by atoms with Gasteiger partial charge in [0.1, 0.15) is 17.1 Å². The highest BCUT2D eigenvalue weighted by atomic mass is 16.5. The van der Waals surface area contributed by atoms with Crippen molar-refractivity contribution in [1.29, 1.82) is 0 Å². The third kappa shape index (κ3) is 2.49. The van der Waals surface area contributed by atoms with Crippen molar-refractivity contribution in [1.82, 2.24) is 4.98 Å². The molecule has 0 saturated carbocycles. The first-order valence-electron chi connectivity index (χ1n) is 5.70. The number of methoxy groups -OCH3 is 1. The van der Waals surface area contributed by atoms with Crippen molar-refractivity contribution in [2.24, 2.45) is 0 Å². The Balaban J connectivity index is 2.50. The van der Waals surface area contributed by atoms with Crippen LogP contribution in [0.4, 0.5) is 11.5 Å². The summed E-state index contributed by atoms with van der Waals surface area (Å²) in [5, 5.41) is 9.19. The largest absolute Gasteiger partial charge is 0.495 e. The molecule has 5 nitrogen and oxygen atoms in total. The summed E-state index contributed by atoms with van der Waals surface area (Å²) in [5.41, 5.74) is 0.905. The van der Waals surface area contributed by atoms with Crippen LogP contribution in [-0.2, 0) is 0 Å². The van der Waals surface area contributed by atoms with Gasteiger partial charge in [-0.05, 0) is 24.3 Å². The second kappa shape index (κ2) is 5.39. The minimum absolute atomic E-state index is 0.149. The Kier molecular flexibility index (Phi) is 3.66. The molecule has 0 aliphatic heterocycles. The molecule has 0 atom stereocenters. The molecule has 0 unspecified atom stereocenters. The number of anilines is 2. The van der Waals surface area contributed by atoms with Crippen LogP contribution in [0.3, 0.4) is 0 Å². The van der Waals surface area contributed by atoms with Gasteiger partial charge in [0.2, 0.25) is 0 Å². The molecule has 1 aromatic carbocycles. The van der Waals surface area contributed by atoms with Crippen molar-refractivity contribution in [3.8, 4) is 5.75 Å². The summed E-state index contributed by atoms with van der Waals surface area (Å²) in [7, 11) is 3.33. The van der Waals surface area contributed by atoms with E-state index < -0.39 is 5.97 Å². The fourth-order valence-electron chi connectivity index (χ4n) is 1.85. The van der Waals surface area contributed by atoms with Gasteiger partial charge in [-0.3, -0.25) is 0 Å². The molecule has 1 N–H and O–H groups in total. The molecule has 0 radical (unpaired) electrons. The first-order chi connectivity index (χ1) is 9.15. The van der Waals surface area contributed by atoms with Crippen molar-refractivity contribution >= 4 is 17.5 Å². The predicted octanol–water partition coefficient (Wildman–Crippen LogP) is 2.56. The second-order valence-electron chi connectivity index (χ2n) is 3.91. The fraction of sp³-hybridized carbons (Fsp3) is 0.143. The maximum atomic E-state index is 11.2. The van der Waals surface area contributed by atoms with E-state index in [-0.39, 0.29) is 5.56 Å². The Labute approximate surface area is 111 Å². The number of carboxylic acid groups (broad SMARTS) is 1. The summed E-state index contributed by atoms with van der Waals surface area (Å²) in [6, 6.07) is 10.5. The fourth-order valence-corrected chi connectivity index (χ4v) is 1.85. The van der Waals surface area contributed by atoms with Gasteiger partial charge >= 0.3 is 5.97 Å². The molecule has 0 aliphatic carbocycles. The van der Waals surface area contributed by atoms with E-state index in [1.165, 1.54) is 6.07 Å². The number of hydrogen-bond acceptors (Lipinski definition) is 4. The lowest BCUT2D eigenvalue weighted by atomic mass is 10.2. The average Bonchev–Trinajstić information content (AvgIpc) is 2.46. The smallest absolute Gasteiger partial charge is 0.339 e. The number of para-hydroxylation sites is 2. The molecule has 0 aliphatic rings. The van der Waals surface area contributed by atoms with Crippen LogP contribution >= 0.6 is 0 Å². The lowest BCUT2D eigenvalue weighted by Gasteiger charge is -2.21. The lowest BCUT2D eigenvalue weighted by Crippen LogP contribution is -2.16. The molecule has 0 spiro atoms. The average molecular weight is 258 g/mol. The molecule has 0 saturated heterocycles. The van der Waals surface area contributed by atoms with Crippen LogP contribution in [-0.4, -0.2) is 30.2 Å². The van der Waals surface area contributed by atoms with E-state index in [2.05, 4.69) is 4.98 Å². The first-order valence-corrected chi connectivity index (χ1v) is 5.70. The third-order valence-corrected chi connectivity index (χ3v) is 2.78. The van der Waals surface area contributed by atoms with Crippen molar-refractivity contribution in [3.05, 3.63) is 48.2 Å². The minimum Gasteiger partial charge on any atom is -0.495 e. The van der Waals surface area contributed by atoms with Crippen LogP contribution < -0.4 is 9.64 Å². The summed E-state index contributed by atoms with van der Waals surface area (Å²) < 4.78 is 5.27. The highest BCUT2D eigenvalue weighted by Crippen LogP contribution is 2.32. The van der Waals surface area contributed by atoms with Gasteiger partial charge in [-0.2, -0.15) is 0 Å². The molecule has 0 amide bonds. The van der Waals surface area contributed by atoms with Crippen LogP contribution in [0.5, 0.6) is 5.75 Å². The van der Waals surface area contributed by atoms with E-state index in [0.29, 0.717) is 11.6 Å². The summed E-state index contributed by atoms with van der Waals surface area (Å²) in [6.45, 7) is 0. The van der Waals surface area contributed by atoms with Gasteiger partial charge in [-0.15, -0.1) is 0 Å². The van der Waals surface area contributed by atoms with Gasteiger partial charge in [0.15, 0.2) is 0 Å². The van der Waals surface area contributed by atoms with Crippen molar-refractivity contribution < 1.29 is 14.6 Å². The summed E-state index contributed by atoms with van der Waals surface area (Å²) in [4.78, 5) is 17.1. The quantitative estimate of drug-likeness (QED) is 0.913. The molecule has 98 valence electrons. The normalized spacial score (nSPS) is 10.0. The SMILES string of the molecule is COc1ccccc1N(C)c1ncccc1C(=O)O. The van der Waals surface area contributed by atoms with Crippen molar-refractivity contribution in [2.45, 2.75) is 0 Å². The van der Waals surface area contributed by atoms with E-state index in [1.54, 1.807) is 31.3 Å². The Hall–Kier alpha value is -2.56. The minimum atomic E-state index is -1.01. The van der Waals surface area contributed by atoms with Gasteiger partial charge in [-0.1, -0.05) is 12.1 Å². The molecule has 5 heteroatoms. The zero-order chi connectivity index (χ0) is 13.8. The van der Waals surface area contributed by atoms with E-state index in [0.717, 1.165) is 5.69 Å². The number of ether oxygens (including phenoxy) is 1. The maximum Gasteiger partial charge on any atom is 0.339 e. The Morgan fingerprint density at radius 3 is 2.68 bits per heavy atom. The number of carboxylic acids is 1. The van der Waals surface area contributed by atoms with E-state index >= 15 is 0 Å². The van der Waals surface area contributed by atoms with Gasteiger partial charge in [0.25, 0.3) is 0 Å². The Bertz CT molecular complexity index is 599. The number of nitrogens with zero attached hydrogens (tertiary/aromatic N) is 2. The van der Waals surface area contributed by atoms with E-state index in [9.17, 15) is 9.90 Å². The molecule has 2 rings (SSSR count). The molecule has 0 bridgehead atoms. The standard InChI is InChI=1S/C14H14N2O3/c1-16(11-7-3-4-8-12(11)19-2)13-10(14(17)18)6-5-9-15-13/h3-9H,1-2H3,(H,17,18). The zero-order valence-corrected chi connectivity index (χ0v) is 10.7. The summed E-state index contributed by atoms with van der Waals surface area (Å²) in [5.74, 6) is 0.0244. The van der Waals surface area contributed by atoms with Crippen LogP contribution in [0.1, 0.15) is 10.4 Å². The van der Waals surface area contributed by atoms with Crippen LogP contribution in [0.2, 0.25) is 0 Å². The zero-order valence-electron chi connectivity index (χ0n) is 10.7. The Morgan fingerprint density at radius 1 is 1.26 bits per heavy atom. The maximum absolute atomic E-state index is 11.2. The highest BCUT2D eigenvalue weighted by Gasteiger charge is 2.17. The Morgan fingerprint density at radius 2 is 2.00 bits per heavy atom. The second-order valence-corrected chi connectivity index (χ2v) is 3.91. The van der Waals surface area contributed by atoms with Crippen LogP contribution in [0.25, 0.3) is 0 Å². The molecule has 2 aromatic rings. The van der Waals surface area contributed by atoms with Crippen molar-refractivity contribution in [3.63, 3.8) is 0 Å². The lowest BCUT2D eigenvalue weighted by molar-refractivity contribution is 0.0697. The van der Waals surface area contributed by atoms with Crippen LogP contribution in [0, 0.1) is 0 Å². The van der Waals surface area contributed by atoms with Gasteiger partial charge in [0, 0.05) is 13.2 Å². The highest BCUT2D eigenvalue weighted by molar-refractivity contribution is 5.94. The molecule has 0 fully saturated rings.